The average molecular weight is 526 g/mol. The highest BCUT2D eigenvalue weighted by Crippen LogP contribution is 2.36. The van der Waals surface area contributed by atoms with Crippen molar-refractivity contribution >= 4 is 31.6 Å². The second-order valence-electron chi connectivity index (χ2n) is 6.64. The fourth-order valence-corrected chi connectivity index (χ4v) is 4.42. The van der Waals surface area contributed by atoms with Gasteiger partial charge < -0.3 is 18.9 Å². The number of sulfone groups is 1. The average Bonchev–Trinajstić information content (AvgIpc) is 2.76. The molecule has 0 radical (unpaired) electrons. The summed E-state index contributed by atoms with van der Waals surface area (Å²) in [6.07, 6.45) is 1.24. The molecule has 9 nitrogen and oxygen atoms in total. The van der Waals surface area contributed by atoms with E-state index in [4.69, 9.17) is 18.9 Å². The standard InChI is InChI=1S/C20H22F3NO8S2/c1-29-14-10-18(31-3)15(19(11-14)32-4)7-8-33(25,26)12-13-5-6-17(30-2)16(9-13)24-34(27,28)20(21,22)23/h5-11,24H,12H2,1-4H3. The van der Waals surface area contributed by atoms with Crippen LogP contribution in [-0.4, -0.2) is 50.8 Å². The van der Waals surface area contributed by atoms with Gasteiger partial charge in [-0.1, -0.05) is 6.07 Å². The first-order valence-corrected chi connectivity index (χ1v) is 12.4. The number of hydrogen-bond donors (Lipinski definition) is 1. The summed E-state index contributed by atoms with van der Waals surface area (Å²) < 4.78 is 108. The van der Waals surface area contributed by atoms with Crippen LogP contribution < -0.4 is 23.7 Å². The summed E-state index contributed by atoms with van der Waals surface area (Å²) >= 11 is 0. The molecule has 1 N–H and O–H groups in total. The predicted molar refractivity (Wildman–Crippen MR) is 119 cm³/mol. The molecule has 0 aromatic heterocycles. The fraction of sp³-hybridized carbons (Fsp3) is 0.300. The number of ether oxygens (including phenoxy) is 4. The third kappa shape index (κ3) is 6.47. The maximum atomic E-state index is 12.7. The molecule has 0 saturated heterocycles. The van der Waals surface area contributed by atoms with E-state index < -0.39 is 36.8 Å². The molecule has 14 heteroatoms. The van der Waals surface area contributed by atoms with Gasteiger partial charge in [-0.05, 0) is 23.8 Å². The summed E-state index contributed by atoms with van der Waals surface area (Å²) in [6, 6.07) is 6.43. The number of hydrogen-bond acceptors (Lipinski definition) is 8. The Labute approximate surface area is 195 Å². The molecule has 2 aromatic carbocycles. The molecule has 0 bridgehead atoms. The van der Waals surface area contributed by atoms with Crippen LogP contribution >= 0.6 is 0 Å². The molecular formula is C20H22F3NO8S2. The molecule has 2 rings (SSSR count). The number of sulfonamides is 1. The van der Waals surface area contributed by atoms with Crippen molar-refractivity contribution in [3.05, 3.63) is 46.9 Å². The van der Waals surface area contributed by atoms with Gasteiger partial charge in [0.05, 0.1) is 45.4 Å². The SMILES string of the molecule is COc1cc(OC)c(C=CS(=O)(=O)Cc2ccc(OC)c(NS(=O)(=O)C(F)(F)F)c2)c(OC)c1. The van der Waals surface area contributed by atoms with E-state index in [0.717, 1.165) is 24.7 Å². The van der Waals surface area contributed by atoms with E-state index in [1.165, 1.54) is 50.3 Å². The van der Waals surface area contributed by atoms with Crippen molar-refractivity contribution in [2.45, 2.75) is 11.3 Å². The van der Waals surface area contributed by atoms with Gasteiger partial charge in [0.25, 0.3) is 0 Å². The van der Waals surface area contributed by atoms with E-state index in [-0.39, 0.29) is 22.8 Å². The Morgan fingerprint density at radius 2 is 1.41 bits per heavy atom. The van der Waals surface area contributed by atoms with Crippen LogP contribution in [0.1, 0.15) is 11.1 Å². The van der Waals surface area contributed by atoms with Gasteiger partial charge in [0.2, 0.25) is 0 Å². The van der Waals surface area contributed by atoms with Crippen LogP contribution in [0.2, 0.25) is 0 Å². The van der Waals surface area contributed by atoms with Crippen molar-refractivity contribution in [3.63, 3.8) is 0 Å². The molecule has 0 aliphatic carbocycles. The minimum absolute atomic E-state index is 0.0129. The molecule has 0 saturated carbocycles. The van der Waals surface area contributed by atoms with E-state index in [1.54, 1.807) is 0 Å². The number of nitrogens with one attached hydrogen (secondary N) is 1. The highest BCUT2D eigenvalue weighted by Gasteiger charge is 2.46. The monoisotopic (exact) mass is 525 g/mol. The van der Waals surface area contributed by atoms with Gasteiger partial charge in [0, 0.05) is 17.5 Å². The van der Waals surface area contributed by atoms with Crippen molar-refractivity contribution in [1.29, 1.82) is 0 Å². The molecule has 0 unspecified atom stereocenters. The summed E-state index contributed by atoms with van der Waals surface area (Å²) in [5.74, 6) is 0.0968. The van der Waals surface area contributed by atoms with Crippen LogP contribution in [0.3, 0.4) is 0 Å². The topological polar surface area (TPSA) is 117 Å². The number of rotatable bonds is 10. The van der Waals surface area contributed by atoms with Crippen LogP contribution in [0.4, 0.5) is 18.9 Å². The van der Waals surface area contributed by atoms with E-state index in [1.807, 2.05) is 0 Å². The fourth-order valence-electron chi connectivity index (χ4n) is 2.78. The van der Waals surface area contributed by atoms with Crippen molar-refractivity contribution < 1.29 is 49.0 Å². The third-order valence-electron chi connectivity index (χ3n) is 4.38. The zero-order valence-electron chi connectivity index (χ0n) is 18.5. The minimum Gasteiger partial charge on any atom is -0.496 e. The second-order valence-corrected chi connectivity index (χ2v) is 10.2. The molecule has 2 aromatic rings. The van der Waals surface area contributed by atoms with Gasteiger partial charge >= 0.3 is 15.5 Å². The normalized spacial score (nSPS) is 12.4. The molecule has 34 heavy (non-hydrogen) atoms. The highest BCUT2D eigenvalue weighted by molar-refractivity contribution is 7.93. The minimum atomic E-state index is -5.74. The van der Waals surface area contributed by atoms with Crippen molar-refractivity contribution in [1.82, 2.24) is 0 Å². The summed E-state index contributed by atoms with van der Waals surface area (Å²) in [5, 5.41) is 0.879. The zero-order valence-corrected chi connectivity index (χ0v) is 20.1. The van der Waals surface area contributed by atoms with Crippen LogP contribution in [0.25, 0.3) is 6.08 Å². The first-order valence-electron chi connectivity index (χ1n) is 9.23. The third-order valence-corrected chi connectivity index (χ3v) is 6.76. The first-order chi connectivity index (χ1) is 15.8. The van der Waals surface area contributed by atoms with E-state index >= 15 is 0 Å². The quantitative estimate of drug-likeness (QED) is 0.501. The Morgan fingerprint density at radius 3 is 1.88 bits per heavy atom. The second kappa shape index (κ2) is 10.4. The largest absolute Gasteiger partial charge is 0.516 e. The van der Waals surface area contributed by atoms with Crippen LogP contribution in [-0.2, 0) is 25.6 Å². The Hall–Kier alpha value is -3.13. The lowest BCUT2D eigenvalue weighted by Gasteiger charge is -2.14. The van der Waals surface area contributed by atoms with E-state index in [0.29, 0.717) is 11.3 Å². The molecule has 0 aliphatic rings. The Morgan fingerprint density at radius 1 is 0.853 bits per heavy atom. The predicted octanol–water partition coefficient (Wildman–Crippen LogP) is 3.57. The van der Waals surface area contributed by atoms with Crippen LogP contribution in [0.15, 0.2) is 35.7 Å². The summed E-state index contributed by atoms with van der Waals surface area (Å²) in [4.78, 5) is 0. The molecule has 0 heterocycles. The molecule has 0 fully saturated rings. The smallest absolute Gasteiger partial charge is 0.496 e. The highest BCUT2D eigenvalue weighted by atomic mass is 32.2. The summed E-state index contributed by atoms with van der Waals surface area (Å²) in [6.45, 7) is 0. The van der Waals surface area contributed by atoms with E-state index in [2.05, 4.69) is 0 Å². The van der Waals surface area contributed by atoms with Gasteiger partial charge in [-0.3, -0.25) is 4.72 Å². The molecule has 0 amide bonds. The van der Waals surface area contributed by atoms with Gasteiger partial charge in [-0.15, -0.1) is 0 Å². The van der Waals surface area contributed by atoms with Gasteiger partial charge in [0.1, 0.15) is 23.0 Å². The van der Waals surface area contributed by atoms with Gasteiger partial charge in [0.15, 0.2) is 9.84 Å². The van der Waals surface area contributed by atoms with Crippen molar-refractivity contribution in [2.75, 3.05) is 33.2 Å². The number of anilines is 1. The Bertz CT molecular complexity index is 1250. The molecule has 0 spiro atoms. The van der Waals surface area contributed by atoms with Crippen molar-refractivity contribution in [3.8, 4) is 23.0 Å². The molecule has 0 atom stereocenters. The zero-order chi connectivity index (χ0) is 25.7. The Kier molecular flexibility index (Phi) is 8.31. The van der Waals surface area contributed by atoms with Crippen LogP contribution in [0, 0.1) is 0 Å². The van der Waals surface area contributed by atoms with Crippen LogP contribution in [0.5, 0.6) is 23.0 Å². The van der Waals surface area contributed by atoms with Gasteiger partial charge in [-0.2, -0.15) is 21.6 Å². The number of alkyl halides is 3. The number of methoxy groups -OCH3 is 4. The maximum Gasteiger partial charge on any atom is 0.516 e. The van der Waals surface area contributed by atoms with Gasteiger partial charge in [-0.25, -0.2) is 8.42 Å². The lowest BCUT2D eigenvalue weighted by molar-refractivity contribution is -0.0429. The summed E-state index contributed by atoms with van der Waals surface area (Å²) in [7, 11) is -4.40. The summed E-state index contributed by atoms with van der Waals surface area (Å²) in [5.41, 5.74) is -5.81. The molecule has 0 aliphatic heterocycles. The maximum absolute atomic E-state index is 12.7. The Balaban J connectivity index is 2.38. The van der Waals surface area contributed by atoms with Crippen molar-refractivity contribution in [2.24, 2.45) is 0 Å². The van der Waals surface area contributed by atoms with E-state index in [9.17, 15) is 30.0 Å². The molecule has 188 valence electrons. The number of benzene rings is 2. The first kappa shape index (κ1) is 27.1. The number of halogens is 3. The lowest BCUT2D eigenvalue weighted by atomic mass is 10.1. The lowest BCUT2D eigenvalue weighted by Crippen LogP contribution is -2.30. The molecular weight excluding hydrogens is 503 g/mol.